The zero-order valence-electron chi connectivity index (χ0n) is 14.6. The third kappa shape index (κ3) is 4.34. The fraction of sp³-hybridized carbons (Fsp3) is 0.444. The second-order valence-electron chi connectivity index (χ2n) is 6.65. The molecule has 2 rings (SSSR count). The first-order chi connectivity index (χ1) is 10.8. The van der Waals surface area contributed by atoms with Crippen molar-refractivity contribution >= 4 is 17.4 Å². The second kappa shape index (κ2) is 6.86. The van der Waals surface area contributed by atoms with Crippen LogP contribution >= 0.6 is 0 Å². The minimum absolute atomic E-state index is 0.0406. The molecule has 1 heterocycles. The Morgan fingerprint density at radius 2 is 1.91 bits per heavy atom. The number of hydrogen-bond donors (Lipinski definition) is 1. The number of likely N-dealkylation sites (N-methyl/N-ethyl adjacent to an activating group) is 1. The molecule has 0 unspecified atom stereocenters. The van der Waals surface area contributed by atoms with E-state index in [-0.39, 0.29) is 11.4 Å². The lowest BCUT2D eigenvalue weighted by atomic mass is 10.1. The maximum absolute atomic E-state index is 12.4. The van der Waals surface area contributed by atoms with Gasteiger partial charge in [0.2, 0.25) is 5.91 Å². The number of benzene rings is 1. The molecule has 0 radical (unpaired) electrons. The first-order valence-electron chi connectivity index (χ1n) is 7.98. The van der Waals surface area contributed by atoms with Crippen LogP contribution in [0.15, 0.2) is 36.4 Å². The van der Waals surface area contributed by atoms with E-state index in [0.29, 0.717) is 6.54 Å². The Balaban J connectivity index is 2.11. The average molecular weight is 314 g/mol. The van der Waals surface area contributed by atoms with Crippen LogP contribution in [-0.2, 0) is 10.3 Å². The number of aromatic nitrogens is 2. The van der Waals surface area contributed by atoms with E-state index in [1.54, 1.807) is 0 Å². The average Bonchev–Trinajstić information content (AvgIpc) is 2.86. The standard InChI is InChI=1S/C18H26N4O/c1-6-21(15-10-8-7-9-11-15)13-17(23)19-16-12-14(2)20-22(16)18(3,4)5/h7-12H,6,13H2,1-5H3,(H,19,23). The van der Waals surface area contributed by atoms with E-state index in [1.165, 1.54) is 0 Å². The van der Waals surface area contributed by atoms with E-state index in [4.69, 9.17) is 0 Å². The second-order valence-corrected chi connectivity index (χ2v) is 6.65. The molecule has 5 nitrogen and oxygen atoms in total. The molecule has 1 N–H and O–H groups in total. The van der Waals surface area contributed by atoms with Crippen LogP contribution in [0.4, 0.5) is 11.5 Å². The minimum Gasteiger partial charge on any atom is -0.362 e. The highest BCUT2D eigenvalue weighted by atomic mass is 16.2. The van der Waals surface area contributed by atoms with Crippen molar-refractivity contribution < 1.29 is 4.79 Å². The van der Waals surface area contributed by atoms with Gasteiger partial charge in [-0.3, -0.25) is 4.79 Å². The van der Waals surface area contributed by atoms with Crippen LogP contribution in [0.5, 0.6) is 0 Å². The lowest BCUT2D eigenvalue weighted by Gasteiger charge is -2.24. The Hall–Kier alpha value is -2.30. The third-order valence-corrected chi connectivity index (χ3v) is 3.57. The summed E-state index contributed by atoms with van der Waals surface area (Å²) in [6, 6.07) is 11.9. The monoisotopic (exact) mass is 314 g/mol. The van der Waals surface area contributed by atoms with Gasteiger partial charge in [0.05, 0.1) is 17.8 Å². The van der Waals surface area contributed by atoms with Gasteiger partial charge in [-0.25, -0.2) is 4.68 Å². The normalized spacial score (nSPS) is 11.3. The van der Waals surface area contributed by atoms with Gasteiger partial charge < -0.3 is 10.2 Å². The summed E-state index contributed by atoms with van der Waals surface area (Å²) in [5, 5.41) is 7.47. The molecule has 0 atom stereocenters. The summed E-state index contributed by atoms with van der Waals surface area (Å²) < 4.78 is 1.86. The van der Waals surface area contributed by atoms with Crippen molar-refractivity contribution in [2.45, 2.75) is 40.2 Å². The lowest BCUT2D eigenvalue weighted by Crippen LogP contribution is -2.34. The molecule has 2 aromatic rings. The van der Waals surface area contributed by atoms with Crippen LogP contribution in [0.3, 0.4) is 0 Å². The number of aryl methyl sites for hydroxylation is 1. The van der Waals surface area contributed by atoms with Crippen LogP contribution < -0.4 is 10.2 Å². The first kappa shape index (κ1) is 17.1. The van der Waals surface area contributed by atoms with Crippen LogP contribution in [0.25, 0.3) is 0 Å². The molecule has 124 valence electrons. The predicted molar refractivity (Wildman–Crippen MR) is 94.9 cm³/mol. The summed E-state index contributed by atoms with van der Waals surface area (Å²) >= 11 is 0. The van der Waals surface area contributed by atoms with E-state index < -0.39 is 0 Å². The molecule has 0 spiro atoms. The number of hydrogen-bond acceptors (Lipinski definition) is 3. The highest BCUT2D eigenvalue weighted by Gasteiger charge is 2.20. The van der Waals surface area contributed by atoms with E-state index in [2.05, 4.69) is 31.2 Å². The van der Waals surface area contributed by atoms with Gasteiger partial charge in [-0.05, 0) is 46.8 Å². The van der Waals surface area contributed by atoms with Crippen LogP contribution in [-0.4, -0.2) is 28.8 Å². The maximum Gasteiger partial charge on any atom is 0.245 e. The Kier molecular flexibility index (Phi) is 5.08. The number of nitrogens with one attached hydrogen (secondary N) is 1. The van der Waals surface area contributed by atoms with E-state index in [9.17, 15) is 4.79 Å². The van der Waals surface area contributed by atoms with Crippen molar-refractivity contribution in [3.63, 3.8) is 0 Å². The lowest BCUT2D eigenvalue weighted by molar-refractivity contribution is -0.115. The van der Waals surface area contributed by atoms with Crippen molar-refractivity contribution in [2.24, 2.45) is 0 Å². The Morgan fingerprint density at radius 1 is 1.26 bits per heavy atom. The van der Waals surface area contributed by atoms with E-state index in [0.717, 1.165) is 23.7 Å². The first-order valence-corrected chi connectivity index (χ1v) is 7.98. The molecule has 23 heavy (non-hydrogen) atoms. The molecule has 0 saturated carbocycles. The molecule has 0 saturated heterocycles. The van der Waals surface area contributed by atoms with Crippen molar-refractivity contribution in [1.82, 2.24) is 9.78 Å². The van der Waals surface area contributed by atoms with Gasteiger partial charge in [0.1, 0.15) is 5.82 Å². The van der Waals surface area contributed by atoms with Gasteiger partial charge in [0.15, 0.2) is 0 Å². The number of rotatable bonds is 5. The summed E-state index contributed by atoms with van der Waals surface area (Å²) in [7, 11) is 0. The van der Waals surface area contributed by atoms with E-state index in [1.807, 2.05) is 59.8 Å². The molecule has 1 amide bonds. The van der Waals surface area contributed by atoms with Crippen LogP contribution in [0.2, 0.25) is 0 Å². The molecule has 0 fully saturated rings. The summed E-state index contributed by atoms with van der Waals surface area (Å²) in [6.45, 7) is 11.3. The van der Waals surface area contributed by atoms with Gasteiger partial charge >= 0.3 is 0 Å². The van der Waals surface area contributed by atoms with Crippen LogP contribution in [0.1, 0.15) is 33.4 Å². The minimum atomic E-state index is -0.180. The van der Waals surface area contributed by atoms with Crippen molar-refractivity contribution in [3.05, 3.63) is 42.1 Å². The number of nitrogens with zero attached hydrogens (tertiary/aromatic N) is 3. The highest BCUT2D eigenvalue weighted by molar-refractivity contribution is 5.93. The molecule has 0 bridgehead atoms. The SMILES string of the molecule is CCN(CC(=O)Nc1cc(C)nn1C(C)(C)C)c1ccccc1. The molecule has 0 aliphatic rings. The molecule has 0 aliphatic carbocycles. The van der Waals surface area contributed by atoms with Crippen LogP contribution in [0, 0.1) is 6.92 Å². The van der Waals surface area contributed by atoms with Gasteiger partial charge in [-0.15, -0.1) is 0 Å². The number of amides is 1. The number of anilines is 2. The topological polar surface area (TPSA) is 50.2 Å². The maximum atomic E-state index is 12.4. The Bertz CT molecular complexity index is 655. The summed E-state index contributed by atoms with van der Waals surface area (Å²) in [4.78, 5) is 14.5. The van der Waals surface area contributed by atoms with Gasteiger partial charge in [0.25, 0.3) is 0 Å². The Labute approximate surface area is 138 Å². The smallest absolute Gasteiger partial charge is 0.245 e. The van der Waals surface area contributed by atoms with Crippen molar-refractivity contribution in [1.29, 1.82) is 0 Å². The van der Waals surface area contributed by atoms with Gasteiger partial charge in [-0.1, -0.05) is 18.2 Å². The fourth-order valence-corrected chi connectivity index (χ4v) is 2.48. The molecule has 0 aliphatic heterocycles. The molecule has 1 aromatic heterocycles. The highest BCUT2D eigenvalue weighted by Crippen LogP contribution is 2.21. The molecular weight excluding hydrogens is 288 g/mol. The summed E-state index contributed by atoms with van der Waals surface area (Å²) in [5.41, 5.74) is 1.76. The summed E-state index contributed by atoms with van der Waals surface area (Å²) in [5.74, 6) is 0.699. The zero-order valence-corrected chi connectivity index (χ0v) is 14.6. The van der Waals surface area contributed by atoms with Gasteiger partial charge in [0, 0.05) is 18.3 Å². The fourth-order valence-electron chi connectivity index (χ4n) is 2.48. The van der Waals surface area contributed by atoms with Crippen molar-refractivity contribution in [2.75, 3.05) is 23.3 Å². The molecular formula is C18H26N4O. The Morgan fingerprint density at radius 3 is 2.48 bits per heavy atom. The third-order valence-electron chi connectivity index (χ3n) is 3.57. The molecule has 1 aromatic carbocycles. The van der Waals surface area contributed by atoms with E-state index >= 15 is 0 Å². The number of para-hydroxylation sites is 1. The number of carbonyl (C=O) groups excluding carboxylic acids is 1. The van der Waals surface area contributed by atoms with Crippen molar-refractivity contribution in [3.8, 4) is 0 Å². The zero-order chi connectivity index (χ0) is 17.0. The largest absolute Gasteiger partial charge is 0.362 e. The predicted octanol–water partition coefficient (Wildman–Crippen LogP) is 3.41. The molecule has 5 heteroatoms. The number of carbonyl (C=O) groups is 1. The summed E-state index contributed by atoms with van der Waals surface area (Å²) in [6.07, 6.45) is 0. The quantitative estimate of drug-likeness (QED) is 0.920. The van der Waals surface area contributed by atoms with Gasteiger partial charge in [-0.2, -0.15) is 5.10 Å².